The average Bonchev–Trinajstić information content (AvgIpc) is 3.17. The van der Waals surface area contributed by atoms with Crippen LogP contribution in [0.3, 0.4) is 0 Å². The van der Waals surface area contributed by atoms with E-state index in [1.54, 1.807) is 18.2 Å². The van der Waals surface area contributed by atoms with Crippen molar-refractivity contribution in [1.29, 1.82) is 0 Å². The Labute approximate surface area is 131 Å². The molecule has 7 heteroatoms. The van der Waals surface area contributed by atoms with Crippen molar-refractivity contribution < 1.29 is 14.7 Å². The highest BCUT2D eigenvalue weighted by Gasteiger charge is 2.35. The minimum atomic E-state index is -0.969. The summed E-state index contributed by atoms with van der Waals surface area (Å²) < 4.78 is 0. The van der Waals surface area contributed by atoms with Gasteiger partial charge in [0.15, 0.2) is 0 Å². The van der Waals surface area contributed by atoms with E-state index in [-0.39, 0.29) is 11.6 Å². The van der Waals surface area contributed by atoms with Crippen LogP contribution in [0.25, 0.3) is 11.3 Å². The predicted molar refractivity (Wildman–Crippen MR) is 80.7 cm³/mol. The summed E-state index contributed by atoms with van der Waals surface area (Å²) in [5.74, 6) is -1.30. The third-order valence-corrected chi connectivity index (χ3v) is 4.00. The monoisotopic (exact) mass is 319 g/mol. The highest BCUT2D eigenvalue weighted by atomic mass is 35.5. The quantitative estimate of drug-likeness (QED) is 0.909. The number of benzene rings is 1. The topological polar surface area (TPSA) is 86.3 Å². The summed E-state index contributed by atoms with van der Waals surface area (Å²) in [7, 11) is 0. The summed E-state index contributed by atoms with van der Waals surface area (Å²) in [6.07, 6.45) is 1.18. The molecule has 1 aromatic heterocycles. The summed E-state index contributed by atoms with van der Waals surface area (Å²) in [5.41, 5.74) is 1.74. The van der Waals surface area contributed by atoms with Gasteiger partial charge < -0.3 is 10.0 Å². The Morgan fingerprint density at radius 1 is 1.32 bits per heavy atom. The number of carbonyl (C=O) groups excluding carboxylic acids is 1. The molecule has 1 saturated heterocycles. The normalized spacial score (nSPS) is 17.7. The van der Waals surface area contributed by atoms with Gasteiger partial charge in [0.1, 0.15) is 11.7 Å². The fourth-order valence-electron chi connectivity index (χ4n) is 2.62. The molecule has 22 heavy (non-hydrogen) atoms. The van der Waals surface area contributed by atoms with Gasteiger partial charge in [-0.05, 0) is 31.0 Å². The summed E-state index contributed by atoms with van der Waals surface area (Å²) in [6.45, 7) is 0.450. The fraction of sp³-hybridized carbons (Fsp3) is 0.267. The van der Waals surface area contributed by atoms with E-state index < -0.39 is 12.0 Å². The van der Waals surface area contributed by atoms with Crippen molar-refractivity contribution in [2.45, 2.75) is 18.9 Å². The number of hydrogen-bond acceptors (Lipinski definition) is 3. The van der Waals surface area contributed by atoms with E-state index in [4.69, 9.17) is 16.7 Å². The van der Waals surface area contributed by atoms with Crippen LogP contribution >= 0.6 is 11.6 Å². The van der Waals surface area contributed by atoms with Crippen molar-refractivity contribution in [2.75, 3.05) is 6.54 Å². The Bertz CT molecular complexity index is 711. The summed E-state index contributed by atoms with van der Waals surface area (Å²) in [6, 6.07) is 7.98. The van der Waals surface area contributed by atoms with Gasteiger partial charge in [-0.1, -0.05) is 23.7 Å². The third-order valence-electron chi connectivity index (χ3n) is 3.75. The Balaban J connectivity index is 1.82. The number of rotatable bonds is 3. The standard InChI is InChI=1S/C15H14ClN3O3/c16-10-5-3-9(4-6-10)11-8-12(18-17-11)14(20)19-7-1-2-13(19)15(21)22/h3-6,8,13H,1-2,7H2,(H,17,18)(H,21,22)/t13-/m1/s1. The van der Waals surface area contributed by atoms with E-state index in [9.17, 15) is 9.59 Å². The Hall–Kier alpha value is -2.34. The maximum absolute atomic E-state index is 12.4. The molecule has 1 atom stereocenters. The number of carbonyl (C=O) groups is 2. The zero-order valence-electron chi connectivity index (χ0n) is 11.6. The van der Waals surface area contributed by atoms with Crippen LogP contribution in [0, 0.1) is 0 Å². The van der Waals surface area contributed by atoms with Gasteiger partial charge in [-0.15, -0.1) is 0 Å². The number of amides is 1. The molecule has 0 spiro atoms. The summed E-state index contributed by atoms with van der Waals surface area (Å²) >= 11 is 5.84. The van der Waals surface area contributed by atoms with Gasteiger partial charge in [-0.2, -0.15) is 5.10 Å². The molecule has 0 bridgehead atoms. The molecule has 2 aromatic rings. The predicted octanol–water partition coefficient (Wildman–Crippen LogP) is 2.42. The van der Waals surface area contributed by atoms with Gasteiger partial charge in [0.25, 0.3) is 5.91 Å². The number of aliphatic carboxylic acids is 1. The lowest BCUT2D eigenvalue weighted by atomic mass is 10.1. The van der Waals surface area contributed by atoms with Crippen molar-refractivity contribution in [3.8, 4) is 11.3 Å². The van der Waals surface area contributed by atoms with Crippen LogP contribution in [-0.4, -0.2) is 44.7 Å². The lowest BCUT2D eigenvalue weighted by Gasteiger charge is -2.20. The molecule has 1 amide bonds. The number of nitrogens with zero attached hydrogens (tertiary/aromatic N) is 2. The van der Waals surface area contributed by atoms with Crippen LogP contribution in [0.15, 0.2) is 30.3 Å². The number of aromatic amines is 1. The lowest BCUT2D eigenvalue weighted by Crippen LogP contribution is -2.40. The fourth-order valence-corrected chi connectivity index (χ4v) is 2.75. The molecule has 1 fully saturated rings. The van der Waals surface area contributed by atoms with Crippen molar-refractivity contribution in [3.05, 3.63) is 41.0 Å². The SMILES string of the molecule is O=C(O)[C@H]1CCCN1C(=O)c1cc(-c2ccc(Cl)cc2)n[nH]1. The Kier molecular flexibility index (Phi) is 3.85. The van der Waals surface area contributed by atoms with Gasteiger partial charge in [-0.3, -0.25) is 9.89 Å². The maximum atomic E-state index is 12.4. The van der Waals surface area contributed by atoms with E-state index in [0.29, 0.717) is 30.1 Å². The van der Waals surface area contributed by atoms with Crippen LogP contribution in [0.2, 0.25) is 5.02 Å². The van der Waals surface area contributed by atoms with Crippen LogP contribution in [0.4, 0.5) is 0 Å². The first-order chi connectivity index (χ1) is 10.6. The molecule has 0 unspecified atom stereocenters. The molecular formula is C15H14ClN3O3. The number of H-pyrrole nitrogens is 1. The van der Waals surface area contributed by atoms with Crippen LogP contribution in [0.5, 0.6) is 0 Å². The third kappa shape index (κ3) is 2.69. The number of halogens is 1. The molecule has 1 aliphatic rings. The molecule has 0 radical (unpaired) electrons. The van der Waals surface area contributed by atoms with E-state index in [1.165, 1.54) is 4.90 Å². The molecular weight excluding hydrogens is 306 g/mol. The second-order valence-electron chi connectivity index (χ2n) is 5.17. The van der Waals surface area contributed by atoms with E-state index in [2.05, 4.69) is 10.2 Å². The van der Waals surface area contributed by atoms with E-state index in [0.717, 1.165) is 5.56 Å². The molecule has 6 nitrogen and oxygen atoms in total. The largest absolute Gasteiger partial charge is 0.480 e. The van der Waals surface area contributed by atoms with Crippen molar-refractivity contribution in [1.82, 2.24) is 15.1 Å². The minimum absolute atomic E-state index is 0.290. The average molecular weight is 320 g/mol. The Morgan fingerprint density at radius 3 is 2.73 bits per heavy atom. The van der Waals surface area contributed by atoms with E-state index in [1.807, 2.05) is 12.1 Å². The zero-order valence-corrected chi connectivity index (χ0v) is 12.4. The van der Waals surface area contributed by atoms with Gasteiger partial charge in [-0.25, -0.2) is 4.79 Å². The van der Waals surface area contributed by atoms with Crippen molar-refractivity contribution >= 4 is 23.5 Å². The summed E-state index contributed by atoms with van der Waals surface area (Å²) in [4.78, 5) is 25.0. The molecule has 2 heterocycles. The molecule has 114 valence electrons. The Morgan fingerprint density at radius 2 is 2.05 bits per heavy atom. The number of carboxylic acids is 1. The highest BCUT2D eigenvalue weighted by molar-refractivity contribution is 6.30. The number of nitrogens with one attached hydrogen (secondary N) is 1. The number of hydrogen-bond donors (Lipinski definition) is 2. The van der Waals surface area contributed by atoms with Gasteiger partial charge in [0.05, 0.1) is 5.69 Å². The van der Waals surface area contributed by atoms with Crippen LogP contribution in [0.1, 0.15) is 23.3 Å². The second kappa shape index (κ2) is 5.81. The minimum Gasteiger partial charge on any atom is -0.480 e. The first kappa shape index (κ1) is 14.6. The number of likely N-dealkylation sites (tertiary alicyclic amines) is 1. The molecule has 0 saturated carbocycles. The number of carboxylic acid groups (broad SMARTS) is 1. The highest BCUT2D eigenvalue weighted by Crippen LogP contribution is 2.23. The van der Waals surface area contributed by atoms with Gasteiger partial charge in [0, 0.05) is 17.1 Å². The van der Waals surface area contributed by atoms with E-state index >= 15 is 0 Å². The molecule has 1 aliphatic heterocycles. The smallest absolute Gasteiger partial charge is 0.326 e. The molecule has 2 N–H and O–H groups in total. The summed E-state index contributed by atoms with van der Waals surface area (Å²) in [5, 5.41) is 16.6. The zero-order chi connectivity index (χ0) is 15.7. The van der Waals surface area contributed by atoms with Gasteiger partial charge in [0.2, 0.25) is 0 Å². The number of aromatic nitrogens is 2. The maximum Gasteiger partial charge on any atom is 0.326 e. The molecule has 3 rings (SSSR count). The first-order valence-corrected chi connectivity index (χ1v) is 7.29. The molecule has 1 aromatic carbocycles. The van der Waals surface area contributed by atoms with Crippen molar-refractivity contribution in [2.24, 2.45) is 0 Å². The second-order valence-corrected chi connectivity index (χ2v) is 5.60. The first-order valence-electron chi connectivity index (χ1n) is 6.91. The molecule has 0 aliphatic carbocycles. The van der Waals surface area contributed by atoms with Crippen LogP contribution < -0.4 is 0 Å². The van der Waals surface area contributed by atoms with Crippen LogP contribution in [-0.2, 0) is 4.79 Å². The van der Waals surface area contributed by atoms with Gasteiger partial charge >= 0.3 is 5.97 Å². The lowest BCUT2D eigenvalue weighted by molar-refractivity contribution is -0.141. The van der Waals surface area contributed by atoms with Crippen molar-refractivity contribution in [3.63, 3.8) is 0 Å².